The Morgan fingerprint density at radius 3 is 2.58 bits per heavy atom. The van der Waals surface area contributed by atoms with Crippen molar-refractivity contribution in [3.63, 3.8) is 0 Å². The zero-order valence-corrected chi connectivity index (χ0v) is 13.8. The van der Waals surface area contributed by atoms with Gasteiger partial charge in [-0.25, -0.2) is 4.68 Å². The summed E-state index contributed by atoms with van der Waals surface area (Å²) in [5, 5.41) is 13.1. The first-order valence-corrected chi connectivity index (χ1v) is 9.08. The second-order valence-corrected chi connectivity index (χ2v) is 7.22. The lowest BCUT2D eigenvalue weighted by atomic mass is 10.2. The third-order valence-corrected chi connectivity index (χ3v) is 5.48. The zero-order valence-electron chi connectivity index (χ0n) is 13.0. The van der Waals surface area contributed by atoms with Crippen LogP contribution in [-0.4, -0.2) is 35.6 Å². The molecule has 9 heteroatoms. The van der Waals surface area contributed by atoms with E-state index < -0.39 is 10.2 Å². The quantitative estimate of drug-likeness (QED) is 0.869. The Hall–Kier alpha value is -2.57. The Balaban J connectivity index is 1.95. The molecule has 0 bridgehead atoms. The summed E-state index contributed by atoms with van der Waals surface area (Å²) in [6.07, 6.45) is 4.12. The van der Waals surface area contributed by atoms with Crippen LogP contribution < -0.4 is 10.5 Å². The monoisotopic (exact) mass is 346 g/mol. The number of piperidine rings is 1. The number of anilines is 2. The molecule has 0 saturated carbocycles. The number of nitrogens with one attached hydrogen (secondary N) is 1. The number of nitriles is 1. The van der Waals surface area contributed by atoms with Gasteiger partial charge in [0.05, 0.1) is 17.6 Å². The Labute approximate surface area is 140 Å². The van der Waals surface area contributed by atoms with Crippen molar-refractivity contribution in [1.82, 2.24) is 14.1 Å². The number of hydrogen-bond acceptors (Lipinski definition) is 5. The number of benzene rings is 1. The van der Waals surface area contributed by atoms with Crippen LogP contribution in [0.2, 0.25) is 0 Å². The van der Waals surface area contributed by atoms with Crippen molar-refractivity contribution in [2.75, 3.05) is 23.5 Å². The molecule has 1 aromatic carbocycles. The van der Waals surface area contributed by atoms with Gasteiger partial charge in [0.1, 0.15) is 17.5 Å². The van der Waals surface area contributed by atoms with Gasteiger partial charge >= 0.3 is 10.2 Å². The van der Waals surface area contributed by atoms with Crippen molar-refractivity contribution in [3.05, 3.63) is 36.0 Å². The van der Waals surface area contributed by atoms with E-state index >= 15 is 0 Å². The first kappa shape index (κ1) is 16.3. The number of para-hydroxylation sites is 2. The van der Waals surface area contributed by atoms with Crippen LogP contribution in [0.3, 0.4) is 0 Å². The Kier molecular flexibility index (Phi) is 4.42. The summed E-state index contributed by atoms with van der Waals surface area (Å²) >= 11 is 0. The molecule has 0 atom stereocenters. The van der Waals surface area contributed by atoms with E-state index in [0.29, 0.717) is 24.5 Å². The van der Waals surface area contributed by atoms with Crippen LogP contribution in [-0.2, 0) is 10.2 Å². The van der Waals surface area contributed by atoms with E-state index in [0.717, 1.165) is 19.3 Å². The molecular weight excluding hydrogens is 328 g/mol. The third kappa shape index (κ3) is 3.06. The minimum absolute atomic E-state index is 0.169. The van der Waals surface area contributed by atoms with Crippen LogP contribution in [0.5, 0.6) is 0 Å². The Bertz CT molecular complexity index is 878. The predicted octanol–water partition coefficient (Wildman–Crippen LogP) is 1.47. The molecule has 126 valence electrons. The highest BCUT2D eigenvalue weighted by Crippen LogP contribution is 2.25. The van der Waals surface area contributed by atoms with Gasteiger partial charge in [0, 0.05) is 13.1 Å². The highest BCUT2D eigenvalue weighted by molar-refractivity contribution is 7.90. The topological polar surface area (TPSA) is 117 Å². The minimum atomic E-state index is -3.64. The molecule has 1 aliphatic heterocycles. The summed E-state index contributed by atoms with van der Waals surface area (Å²) in [4.78, 5) is 0. The molecule has 3 N–H and O–H groups in total. The largest absolute Gasteiger partial charge is 0.382 e. The van der Waals surface area contributed by atoms with E-state index in [1.807, 2.05) is 6.07 Å². The molecule has 1 saturated heterocycles. The highest BCUT2D eigenvalue weighted by atomic mass is 32.2. The molecule has 0 amide bonds. The fraction of sp³-hybridized carbons (Fsp3) is 0.333. The van der Waals surface area contributed by atoms with Gasteiger partial charge in [-0.05, 0) is 25.0 Å². The van der Waals surface area contributed by atoms with Gasteiger partial charge in [-0.1, -0.05) is 18.6 Å². The summed E-state index contributed by atoms with van der Waals surface area (Å²) in [7, 11) is -3.64. The summed E-state index contributed by atoms with van der Waals surface area (Å²) in [6.45, 7) is 1.03. The van der Waals surface area contributed by atoms with E-state index in [2.05, 4.69) is 9.82 Å². The number of rotatable bonds is 4. The predicted molar refractivity (Wildman–Crippen MR) is 90.7 cm³/mol. The van der Waals surface area contributed by atoms with Crippen molar-refractivity contribution in [2.24, 2.45) is 0 Å². The van der Waals surface area contributed by atoms with Crippen LogP contribution in [0.15, 0.2) is 30.5 Å². The molecular formula is C15H18N6O2S. The van der Waals surface area contributed by atoms with E-state index in [1.54, 1.807) is 24.3 Å². The van der Waals surface area contributed by atoms with Gasteiger partial charge in [0.15, 0.2) is 0 Å². The van der Waals surface area contributed by atoms with Gasteiger partial charge in [-0.15, -0.1) is 0 Å². The summed E-state index contributed by atoms with van der Waals surface area (Å²) in [5.74, 6) is 0.169. The van der Waals surface area contributed by atoms with Crippen LogP contribution in [0.4, 0.5) is 11.5 Å². The molecule has 1 aliphatic rings. The van der Waals surface area contributed by atoms with E-state index in [-0.39, 0.29) is 11.4 Å². The smallest absolute Gasteiger partial charge is 0.301 e. The highest BCUT2D eigenvalue weighted by Gasteiger charge is 2.25. The lowest BCUT2D eigenvalue weighted by Crippen LogP contribution is -2.39. The SMILES string of the molecule is N#Cc1cnn(-c2ccccc2NS(=O)(=O)N2CCCCC2)c1N. The van der Waals surface area contributed by atoms with Crippen LogP contribution in [0, 0.1) is 11.3 Å². The molecule has 3 rings (SSSR count). The second kappa shape index (κ2) is 6.51. The second-order valence-electron chi connectivity index (χ2n) is 5.55. The lowest BCUT2D eigenvalue weighted by Gasteiger charge is -2.26. The van der Waals surface area contributed by atoms with Crippen molar-refractivity contribution < 1.29 is 8.42 Å². The van der Waals surface area contributed by atoms with Crippen molar-refractivity contribution >= 4 is 21.7 Å². The van der Waals surface area contributed by atoms with Crippen LogP contribution in [0.1, 0.15) is 24.8 Å². The Morgan fingerprint density at radius 2 is 1.92 bits per heavy atom. The van der Waals surface area contributed by atoms with E-state index in [9.17, 15) is 8.42 Å². The van der Waals surface area contributed by atoms with Crippen molar-refractivity contribution in [1.29, 1.82) is 5.26 Å². The Morgan fingerprint density at radius 1 is 1.21 bits per heavy atom. The molecule has 1 fully saturated rings. The maximum Gasteiger partial charge on any atom is 0.301 e. The molecule has 2 heterocycles. The zero-order chi connectivity index (χ0) is 17.2. The fourth-order valence-corrected chi connectivity index (χ4v) is 4.01. The maximum atomic E-state index is 12.6. The molecule has 0 aliphatic carbocycles. The van der Waals surface area contributed by atoms with Crippen LogP contribution in [0.25, 0.3) is 5.69 Å². The molecule has 0 radical (unpaired) electrons. The van der Waals surface area contributed by atoms with Crippen molar-refractivity contribution in [3.8, 4) is 11.8 Å². The molecule has 8 nitrogen and oxygen atoms in total. The van der Waals surface area contributed by atoms with Gasteiger partial charge < -0.3 is 5.73 Å². The van der Waals surface area contributed by atoms with E-state index in [1.165, 1.54) is 15.2 Å². The fourth-order valence-electron chi connectivity index (χ4n) is 2.69. The first-order valence-electron chi connectivity index (χ1n) is 7.64. The van der Waals surface area contributed by atoms with Crippen molar-refractivity contribution in [2.45, 2.75) is 19.3 Å². The first-order chi connectivity index (χ1) is 11.5. The number of nitrogens with two attached hydrogens (primary N) is 1. The molecule has 2 aromatic rings. The number of nitrogens with zero attached hydrogens (tertiary/aromatic N) is 4. The van der Waals surface area contributed by atoms with Gasteiger partial charge in [-0.3, -0.25) is 4.72 Å². The van der Waals surface area contributed by atoms with Gasteiger partial charge in [0.25, 0.3) is 0 Å². The third-order valence-electron chi connectivity index (χ3n) is 3.95. The average Bonchev–Trinajstić information content (AvgIpc) is 2.96. The summed E-state index contributed by atoms with van der Waals surface area (Å²) in [5.41, 5.74) is 6.98. The molecule has 24 heavy (non-hydrogen) atoms. The number of hydrogen-bond donors (Lipinski definition) is 2. The average molecular weight is 346 g/mol. The van der Waals surface area contributed by atoms with Gasteiger partial charge in [-0.2, -0.15) is 23.1 Å². The number of aromatic nitrogens is 2. The maximum absolute atomic E-state index is 12.6. The minimum Gasteiger partial charge on any atom is -0.382 e. The molecule has 0 unspecified atom stereocenters. The van der Waals surface area contributed by atoms with Gasteiger partial charge in [0.2, 0.25) is 0 Å². The summed E-state index contributed by atoms with van der Waals surface area (Å²) in [6, 6.07) is 8.76. The van der Waals surface area contributed by atoms with Crippen LogP contribution >= 0.6 is 0 Å². The lowest BCUT2D eigenvalue weighted by molar-refractivity contribution is 0.349. The summed E-state index contributed by atoms with van der Waals surface area (Å²) < 4.78 is 30.6. The van der Waals surface area contributed by atoms with E-state index in [4.69, 9.17) is 11.0 Å². The normalized spacial score (nSPS) is 15.8. The molecule has 1 aromatic heterocycles. The number of nitrogen functional groups attached to an aromatic ring is 1. The molecule has 0 spiro atoms. The standard InChI is InChI=1S/C15H18N6O2S/c16-10-12-11-18-21(15(12)17)14-7-3-2-6-13(14)19-24(22,23)20-8-4-1-5-9-20/h2-3,6-7,11,19H,1,4-5,8-9,17H2.